The molecule has 1 N–H and O–H groups in total. The molecule has 0 fully saturated rings. The van der Waals surface area contributed by atoms with E-state index in [0.29, 0.717) is 11.1 Å². The summed E-state index contributed by atoms with van der Waals surface area (Å²) in [6.07, 6.45) is 0. The number of hydrogen-bond acceptors (Lipinski definition) is 4. The van der Waals surface area contributed by atoms with E-state index in [0.717, 1.165) is 5.56 Å². The molecule has 2 rings (SSSR count). The van der Waals surface area contributed by atoms with Gasteiger partial charge in [-0.1, -0.05) is 12.1 Å². The smallest absolute Gasteiger partial charge is 0.207 e. The van der Waals surface area contributed by atoms with Crippen LogP contribution in [0.2, 0.25) is 0 Å². The lowest BCUT2D eigenvalue weighted by Gasteiger charge is -2.07. The summed E-state index contributed by atoms with van der Waals surface area (Å²) in [5, 5.41) is 17.4. The molecule has 104 valence electrons. The number of hydrogen-bond donors (Lipinski definition) is 1. The van der Waals surface area contributed by atoms with E-state index >= 15 is 0 Å². The molecular formula is C15H11N3O2S. The lowest BCUT2D eigenvalue weighted by Crippen LogP contribution is -2.23. The molecule has 0 aliphatic heterocycles. The van der Waals surface area contributed by atoms with Crippen molar-refractivity contribution in [1.82, 2.24) is 4.72 Å². The van der Waals surface area contributed by atoms with Crippen LogP contribution < -0.4 is 4.72 Å². The van der Waals surface area contributed by atoms with Crippen molar-refractivity contribution in [2.75, 3.05) is 0 Å². The number of benzene rings is 2. The minimum atomic E-state index is -3.62. The SMILES string of the molecule is N#Cc1ccc(CNS(=O)(=O)c2ccc(C#N)cc2)cc1. The Labute approximate surface area is 123 Å². The van der Waals surface area contributed by atoms with E-state index in [1.165, 1.54) is 24.3 Å². The molecule has 2 aromatic rings. The molecule has 0 atom stereocenters. The summed E-state index contributed by atoms with van der Waals surface area (Å²) >= 11 is 0. The van der Waals surface area contributed by atoms with Crippen molar-refractivity contribution in [2.45, 2.75) is 11.4 Å². The van der Waals surface area contributed by atoms with E-state index in [1.807, 2.05) is 12.1 Å². The highest BCUT2D eigenvalue weighted by atomic mass is 32.2. The molecule has 0 saturated carbocycles. The fraction of sp³-hybridized carbons (Fsp3) is 0.0667. The first kappa shape index (κ1) is 14.7. The lowest BCUT2D eigenvalue weighted by molar-refractivity contribution is 0.581. The third-order valence-electron chi connectivity index (χ3n) is 2.84. The fourth-order valence-corrected chi connectivity index (χ4v) is 2.69. The van der Waals surface area contributed by atoms with Crippen molar-refractivity contribution in [2.24, 2.45) is 0 Å². The summed E-state index contributed by atoms with van der Waals surface area (Å²) in [6, 6.07) is 16.3. The Morgan fingerprint density at radius 1 is 0.857 bits per heavy atom. The van der Waals surface area contributed by atoms with Crippen molar-refractivity contribution in [3.63, 3.8) is 0 Å². The molecule has 0 spiro atoms. The first-order valence-electron chi connectivity index (χ1n) is 6.04. The predicted molar refractivity (Wildman–Crippen MR) is 76.3 cm³/mol. The van der Waals surface area contributed by atoms with Crippen LogP contribution in [0.1, 0.15) is 16.7 Å². The van der Waals surface area contributed by atoms with E-state index in [2.05, 4.69) is 4.72 Å². The molecule has 0 radical (unpaired) electrons. The average molecular weight is 297 g/mol. The van der Waals surface area contributed by atoms with Crippen molar-refractivity contribution < 1.29 is 8.42 Å². The number of nitrogens with one attached hydrogen (secondary N) is 1. The van der Waals surface area contributed by atoms with Gasteiger partial charge in [-0.25, -0.2) is 13.1 Å². The highest BCUT2D eigenvalue weighted by Gasteiger charge is 2.13. The standard InChI is InChI=1S/C15H11N3O2S/c16-9-12-1-3-14(4-2-12)11-18-21(19,20)15-7-5-13(10-17)6-8-15/h1-8,18H,11H2. The number of nitriles is 2. The molecule has 0 bridgehead atoms. The first-order valence-corrected chi connectivity index (χ1v) is 7.52. The first-order chi connectivity index (χ1) is 10.0. The van der Waals surface area contributed by atoms with Gasteiger partial charge >= 0.3 is 0 Å². The summed E-state index contributed by atoms with van der Waals surface area (Å²) in [6.45, 7) is 0.133. The average Bonchev–Trinajstić information content (AvgIpc) is 2.53. The van der Waals surface area contributed by atoms with E-state index in [4.69, 9.17) is 10.5 Å². The van der Waals surface area contributed by atoms with Crippen LogP contribution in [0.15, 0.2) is 53.4 Å². The number of sulfonamides is 1. The molecule has 0 aliphatic carbocycles. The zero-order chi connectivity index (χ0) is 15.3. The summed E-state index contributed by atoms with van der Waals surface area (Å²) in [7, 11) is -3.62. The number of rotatable bonds is 4. The van der Waals surface area contributed by atoms with E-state index in [9.17, 15) is 8.42 Å². The Morgan fingerprint density at radius 2 is 1.33 bits per heavy atom. The van der Waals surface area contributed by atoms with Crippen LogP contribution in [0.4, 0.5) is 0 Å². The van der Waals surface area contributed by atoms with Crippen LogP contribution >= 0.6 is 0 Å². The second-order valence-corrected chi connectivity index (χ2v) is 6.04. The maximum absolute atomic E-state index is 12.1. The summed E-state index contributed by atoms with van der Waals surface area (Å²) in [4.78, 5) is 0.107. The minimum Gasteiger partial charge on any atom is -0.207 e. The van der Waals surface area contributed by atoms with Gasteiger partial charge in [-0.2, -0.15) is 10.5 Å². The second kappa shape index (κ2) is 6.19. The maximum Gasteiger partial charge on any atom is 0.240 e. The topological polar surface area (TPSA) is 93.8 Å². The van der Waals surface area contributed by atoms with E-state index in [-0.39, 0.29) is 11.4 Å². The summed E-state index contributed by atoms with van der Waals surface area (Å²) in [5.74, 6) is 0. The van der Waals surface area contributed by atoms with Gasteiger partial charge in [0.2, 0.25) is 10.0 Å². The molecule has 6 heteroatoms. The van der Waals surface area contributed by atoms with Gasteiger partial charge in [0.25, 0.3) is 0 Å². The van der Waals surface area contributed by atoms with Crippen molar-refractivity contribution in [1.29, 1.82) is 10.5 Å². The predicted octanol–water partition coefficient (Wildman–Crippen LogP) is 1.91. The Hall–Kier alpha value is -2.67. The Morgan fingerprint density at radius 3 is 1.81 bits per heavy atom. The highest BCUT2D eigenvalue weighted by molar-refractivity contribution is 7.89. The van der Waals surface area contributed by atoms with E-state index < -0.39 is 10.0 Å². The minimum absolute atomic E-state index is 0.107. The highest BCUT2D eigenvalue weighted by Crippen LogP contribution is 2.11. The Bertz CT molecular complexity index is 811. The van der Waals surface area contributed by atoms with Gasteiger partial charge in [-0.05, 0) is 42.0 Å². The quantitative estimate of drug-likeness (QED) is 0.932. The number of nitrogens with zero attached hydrogens (tertiary/aromatic N) is 2. The molecule has 0 saturated heterocycles. The molecule has 0 amide bonds. The van der Waals surface area contributed by atoms with Gasteiger partial charge < -0.3 is 0 Å². The van der Waals surface area contributed by atoms with Gasteiger partial charge in [-0.3, -0.25) is 0 Å². The Balaban J connectivity index is 2.10. The van der Waals surface area contributed by atoms with Crippen LogP contribution in [-0.2, 0) is 16.6 Å². The fourth-order valence-electron chi connectivity index (χ4n) is 1.67. The zero-order valence-electron chi connectivity index (χ0n) is 10.9. The van der Waals surface area contributed by atoms with Crippen molar-refractivity contribution in [3.8, 4) is 12.1 Å². The molecule has 0 unspecified atom stereocenters. The lowest BCUT2D eigenvalue weighted by atomic mass is 10.1. The third-order valence-corrected chi connectivity index (χ3v) is 4.26. The molecule has 5 nitrogen and oxygen atoms in total. The molecule has 2 aromatic carbocycles. The summed E-state index contributed by atoms with van der Waals surface area (Å²) in [5.41, 5.74) is 1.68. The molecule has 0 aliphatic rings. The van der Waals surface area contributed by atoms with Crippen molar-refractivity contribution in [3.05, 3.63) is 65.2 Å². The summed E-state index contributed by atoms with van der Waals surface area (Å²) < 4.78 is 26.6. The van der Waals surface area contributed by atoms with Gasteiger partial charge in [0.05, 0.1) is 28.2 Å². The zero-order valence-corrected chi connectivity index (χ0v) is 11.8. The monoisotopic (exact) mass is 297 g/mol. The van der Waals surface area contributed by atoms with E-state index in [1.54, 1.807) is 24.3 Å². The Kier molecular flexibility index (Phi) is 4.34. The van der Waals surface area contributed by atoms with Crippen LogP contribution in [0.3, 0.4) is 0 Å². The van der Waals surface area contributed by atoms with Crippen molar-refractivity contribution >= 4 is 10.0 Å². The van der Waals surface area contributed by atoms with Gasteiger partial charge in [-0.15, -0.1) is 0 Å². The second-order valence-electron chi connectivity index (χ2n) is 4.27. The van der Waals surface area contributed by atoms with Crippen LogP contribution in [0, 0.1) is 22.7 Å². The van der Waals surface area contributed by atoms with Gasteiger partial charge in [0.15, 0.2) is 0 Å². The normalized spacial score (nSPS) is 10.6. The van der Waals surface area contributed by atoms with Crippen LogP contribution in [-0.4, -0.2) is 8.42 Å². The third kappa shape index (κ3) is 3.67. The molecular weight excluding hydrogens is 286 g/mol. The van der Waals surface area contributed by atoms with Crippen LogP contribution in [0.5, 0.6) is 0 Å². The van der Waals surface area contributed by atoms with Gasteiger partial charge in [0, 0.05) is 6.54 Å². The van der Waals surface area contributed by atoms with Crippen LogP contribution in [0.25, 0.3) is 0 Å². The maximum atomic E-state index is 12.1. The molecule has 0 heterocycles. The molecule has 0 aromatic heterocycles. The molecule has 21 heavy (non-hydrogen) atoms. The van der Waals surface area contributed by atoms with Gasteiger partial charge in [0.1, 0.15) is 0 Å². The largest absolute Gasteiger partial charge is 0.240 e.